The first-order valence-corrected chi connectivity index (χ1v) is 8.32. The summed E-state index contributed by atoms with van der Waals surface area (Å²) in [4.78, 5) is 38.4. The number of nitrogens with one attached hydrogen (secondary N) is 1. The molecule has 3 aromatic rings. The van der Waals surface area contributed by atoms with Crippen molar-refractivity contribution < 1.29 is 19.2 Å². The summed E-state index contributed by atoms with van der Waals surface area (Å²) in [6.45, 7) is 0. The van der Waals surface area contributed by atoms with Gasteiger partial charge in [0, 0.05) is 11.6 Å². The minimum Gasteiger partial charge on any atom is -0.465 e. The normalized spacial score (nSPS) is 10.5. The van der Waals surface area contributed by atoms with Gasteiger partial charge in [-0.2, -0.15) is 0 Å². The number of esters is 1. The molecule has 0 fully saturated rings. The Labute approximate surface area is 155 Å². The third kappa shape index (κ3) is 3.48. The lowest BCUT2D eigenvalue weighted by Crippen LogP contribution is -2.11. The van der Waals surface area contributed by atoms with E-state index in [1.807, 2.05) is 0 Å². The number of carbonyl (C=O) groups is 2. The number of thiazole rings is 1. The highest BCUT2D eigenvalue weighted by molar-refractivity contribution is 7.22. The van der Waals surface area contributed by atoms with Gasteiger partial charge in [-0.25, -0.2) is 9.78 Å². The van der Waals surface area contributed by atoms with Gasteiger partial charge in [0.05, 0.1) is 27.8 Å². The number of carbonyl (C=O) groups excluding carboxylic acids is 2. The van der Waals surface area contributed by atoms with Crippen LogP contribution in [-0.4, -0.2) is 28.9 Å². The van der Waals surface area contributed by atoms with E-state index in [2.05, 4.69) is 15.0 Å². The number of hydrogen-bond acceptors (Lipinski definition) is 7. The van der Waals surface area contributed by atoms with Gasteiger partial charge in [0.15, 0.2) is 5.13 Å². The molecule has 2 aromatic carbocycles. The van der Waals surface area contributed by atoms with Gasteiger partial charge in [-0.15, -0.1) is 0 Å². The molecule has 0 spiro atoms. The zero-order chi connectivity index (χ0) is 18.8. The zero-order valence-electron chi connectivity index (χ0n) is 13.2. The SMILES string of the molecule is COC(=O)c1ccc2nc(NC(=O)c3ccc(Cl)c([N+](=O)[O-])c3)sc2c1. The number of benzene rings is 2. The van der Waals surface area contributed by atoms with Crippen molar-refractivity contribution in [3.8, 4) is 0 Å². The number of ether oxygens (including phenoxy) is 1. The fourth-order valence-electron chi connectivity index (χ4n) is 2.19. The van der Waals surface area contributed by atoms with E-state index in [1.165, 1.54) is 30.6 Å². The monoisotopic (exact) mass is 391 g/mol. The predicted octanol–water partition coefficient (Wildman–Crippen LogP) is 3.90. The standard InChI is InChI=1S/C16H10ClN3O5S/c1-25-15(22)9-3-5-11-13(7-9)26-16(18-11)19-14(21)8-2-4-10(17)12(6-8)20(23)24/h2-7H,1H3,(H,18,19,21). The van der Waals surface area contributed by atoms with Gasteiger partial charge in [0.1, 0.15) is 5.02 Å². The Morgan fingerprint density at radius 2 is 1.96 bits per heavy atom. The summed E-state index contributed by atoms with van der Waals surface area (Å²) in [7, 11) is 1.29. The van der Waals surface area contributed by atoms with E-state index in [1.54, 1.807) is 18.2 Å². The van der Waals surface area contributed by atoms with Crippen LogP contribution in [0.25, 0.3) is 10.2 Å². The fraction of sp³-hybridized carbons (Fsp3) is 0.0625. The van der Waals surface area contributed by atoms with Crippen LogP contribution in [0.5, 0.6) is 0 Å². The number of hydrogen-bond donors (Lipinski definition) is 1. The number of nitro benzene ring substituents is 1. The molecule has 3 rings (SSSR count). The summed E-state index contributed by atoms with van der Waals surface area (Å²) in [5, 5.41) is 13.8. The predicted molar refractivity (Wildman–Crippen MR) is 97.0 cm³/mol. The van der Waals surface area contributed by atoms with E-state index in [9.17, 15) is 19.7 Å². The highest BCUT2D eigenvalue weighted by Gasteiger charge is 2.17. The maximum atomic E-state index is 12.3. The maximum absolute atomic E-state index is 12.3. The van der Waals surface area contributed by atoms with Crippen molar-refractivity contribution >= 4 is 55.8 Å². The molecule has 1 aromatic heterocycles. The molecule has 0 aliphatic carbocycles. The molecule has 132 valence electrons. The molecular formula is C16H10ClN3O5S. The topological polar surface area (TPSA) is 111 Å². The van der Waals surface area contributed by atoms with Crippen molar-refractivity contribution in [2.24, 2.45) is 0 Å². The number of aromatic nitrogens is 1. The molecule has 0 saturated heterocycles. The second kappa shape index (κ2) is 7.06. The Bertz CT molecular complexity index is 1050. The molecule has 0 saturated carbocycles. The van der Waals surface area contributed by atoms with E-state index in [4.69, 9.17) is 11.6 Å². The first-order valence-electron chi connectivity index (χ1n) is 7.13. The lowest BCUT2D eigenvalue weighted by atomic mass is 10.2. The number of amides is 1. The maximum Gasteiger partial charge on any atom is 0.337 e. The number of nitro groups is 1. The molecule has 0 bridgehead atoms. The number of fused-ring (bicyclic) bond motifs is 1. The smallest absolute Gasteiger partial charge is 0.337 e. The molecule has 1 heterocycles. The van der Waals surface area contributed by atoms with Crippen LogP contribution in [0.4, 0.5) is 10.8 Å². The summed E-state index contributed by atoms with van der Waals surface area (Å²) >= 11 is 6.91. The minimum absolute atomic E-state index is 0.0538. The number of methoxy groups -OCH3 is 1. The van der Waals surface area contributed by atoms with E-state index in [0.717, 1.165) is 6.07 Å². The van der Waals surface area contributed by atoms with Gasteiger partial charge in [0.25, 0.3) is 11.6 Å². The van der Waals surface area contributed by atoms with Crippen LogP contribution in [-0.2, 0) is 4.74 Å². The molecule has 0 unspecified atom stereocenters. The van der Waals surface area contributed by atoms with E-state index >= 15 is 0 Å². The summed E-state index contributed by atoms with van der Waals surface area (Å²) in [5.41, 5.74) is 0.692. The largest absolute Gasteiger partial charge is 0.465 e. The lowest BCUT2D eigenvalue weighted by molar-refractivity contribution is -0.384. The molecule has 0 atom stereocenters. The highest BCUT2D eigenvalue weighted by atomic mass is 35.5. The number of nitrogens with zero attached hydrogens (tertiary/aromatic N) is 2. The van der Waals surface area contributed by atoms with Crippen LogP contribution in [0.1, 0.15) is 20.7 Å². The molecule has 0 radical (unpaired) electrons. The Morgan fingerprint density at radius 1 is 1.23 bits per heavy atom. The minimum atomic E-state index is -0.662. The Morgan fingerprint density at radius 3 is 2.65 bits per heavy atom. The third-order valence-corrected chi connectivity index (χ3v) is 4.69. The van der Waals surface area contributed by atoms with Crippen LogP contribution in [0.3, 0.4) is 0 Å². The second-order valence-electron chi connectivity index (χ2n) is 5.07. The summed E-state index contributed by atoms with van der Waals surface area (Å²) < 4.78 is 5.35. The Kier molecular flexibility index (Phi) is 4.83. The van der Waals surface area contributed by atoms with Gasteiger partial charge < -0.3 is 4.74 Å². The average molecular weight is 392 g/mol. The van der Waals surface area contributed by atoms with Gasteiger partial charge >= 0.3 is 5.97 Å². The first kappa shape index (κ1) is 17.8. The average Bonchev–Trinajstić information content (AvgIpc) is 3.02. The summed E-state index contributed by atoms with van der Waals surface area (Å²) in [5.74, 6) is -1.03. The van der Waals surface area contributed by atoms with Crippen molar-refractivity contribution in [2.45, 2.75) is 0 Å². The van der Waals surface area contributed by atoms with Crippen LogP contribution in [0, 0.1) is 10.1 Å². The quantitative estimate of drug-likeness (QED) is 0.410. The van der Waals surface area contributed by atoms with Crippen molar-refractivity contribution in [3.05, 3.63) is 62.7 Å². The number of rotatable bonds is 4. The molecule has 0 aliphatic heterocycles. The van der Waals surface area contributed by atoms with Crippen molar-refractivity contribution in [1.82, 2.24) is 4.98 Å². The molecule has 26 heavy (non-hydrogen) atoms. The number of anilines is 1. The zero-order valence-corrected chi connectivity index (χ0v) is 14.8. The van der Waals surface area contributed by atoms with Crippen LogP contribution in [0.2, 0.25) is 5.02 Å². The molecular weight excluding hydrogens is 382 g/mol. The van der Waals surface area contributed by atoms with Crippen molar-refractivity contribution in [1.29, 1.82) is 0 Å². The van der Waals surface area contributed by atoms with Crippen molar-refractivity contribution in [3.63, 3.8) is 0 Å². The third-order valence-electron chi connectivity index (χ3n) is 3.44. The second-order valence-corrected chi connectivity index (χ2v) is 6.51. The van der Waals surface area contributed by atoms with Crippen LogP contribution >= 0.6 is 22.9 Å². The Hall–Kier alpha value is -3.04. The van der Waals surface area contributed by atoms with E-state index < -0.39 is 16.8 Å². The molecule has 1 amide bonds. The highest BCUT2D eigenvalue weighted by Crippen LogP contribution is 2.29. The van der Waals surface area contributed by atoms with Gasteiger partial charge in [-0.1, -0.05) is 22.9 Å². The molecule has 8 nitrogen and oxygen atoms in total. The van der Waals surface area contributed by atoms with Gasteiger partial charge in [0.2, 0.25) is 0 Å². The molecule has 1 N–H and O–H groups in total. The first-order chi connectivity index (χ1) is 12.4. The molecule has 0 aliphatic rings. The Balaban J connectivity index is 1.86. The lowest BCUT2D eigenvalue weighted by Gasteiger charge is -2.02. The fourth-order valence-corrected chi connectivity index (χ4v) is 3.27. The van der Waals surface area contributed by atoms with E-state index in [-0.39, 0.29) is 16.3 Å². The van der Waals surface area contributed by atoms with Gasteiger partial charge in [-0.05, 0) is 30.3 Å². The van der Waals surface area contributed by atoms with Crippen molar-refractivity contribution in [2.75, 3.05) is 12.4 Å². The van der Waals surface area contributed by atoms with E-state index in [0.29, 0.717) is 20.9 Å². The van der Waals surface area contributed by atoms with Crippen LogP contribution in [0.15, 0.2) is 36.4 Å². The number of halogens is 1. The molecule has 10 heteroatoms. The summed E-state index contributed by atoms with van der Waals surface area (Å²) in [6, 6.07) is 8.59. The summed E-state index contributed by atoms with van der Waals surface area (Å²) in [6.07, 6.45) is 0. The van der Waals surface area contributed by atoms with Gasteiger partial charge in [-0.3, -0.25) is 20.2 Å². The van der Waals surface area contributed by atoms with Crippen LogP contribution < -0.4 is 5.32 Å².